The van der Waals surface area contributed by atoms with E-state index in [9.17, 15) is 14.4 Å². The van der Waals surface area contributed by atoms with Crippen LogP contribution in [0.25, 0.3) is 0 Å². The Labute approximate surface area is 147 Å². The Kier molecular flexibility index (Phi) is 4.87. The summed E-state index contributed by atoms with van der Waals surface area (Å²) in [5, 5.41) is 1.15. The van der Waals surface area contributed by atoms with Crippen LogP contribution in [-0.4, -0.2) is 28.6 Å². The molecule has 0 radical (unpaired) electrons. The van der Waals surface area contributed by atoms with Crippen molar-refractivity contribution < 1.29 is 19.2 Å². The number of nitrogens with zero attached hydrogens (tertiary/aromatic N) is 1. The van der Waals surface area contributed by atoms with Crippen LogP contribution in [0.15, 0.2) is 48.5 Å². The maximum Gasteiger partial charge on any atom is 0.343 e. The number of hydrogen-bond donors (Lipinski definition) is 0. The quantitative estimate of drug-likeness (QED) is 0.764. The van der Waals surface area contributed by atoms with Crippen molar-refractivity contribution in [2.45, 2.75) is 5.75 Å². The van der Waals surface area contributed by atoms with Gasteiger partial charge < -0.3 is 4.84 Å². The van der Waals surface area contributed by atoms with Crippen LogP contribution in [0.3, 0.4) is 0 Å². The van der Waals surface area contributed by atoms with Gasteiger partial charge in [0.15, 0.2) is 0 Å². The second-order valence-corrected chi connectivity index (χ2v) is 6.46. The molecule has 1 aliphatic rings. The summed E-state index contributed by atoms with van der Waals surface area (Å²) in [5.41, 5.74) is 1.45. The summed E-state index contributed by atoms with van der Waals surface area (Å²) in [6.07, 6.45) is 0. The zero-order valence-corrected chi connectivity index (χ0v) is 14.0. The number of hydrogen-bond acceptors (Lipinski definition) is 5. The molecule has 0 spiro atoms. The van der Waals surface area contributed by atoms with Gasteiger partial charge in [-0.1, -0.05) is 40.9 Å². The third-order valence-electron chi connectivity index (χ3n) is 3.33. The van der Waals surface area contributed by atoms with Crippen LogP contribution in [0.2, 0.25) is 5.02 Å². The lowest BCUT2D eigenvalue weighted by molar-refractivity contribution is -0.165. The number of benzene rings is 2. The Bertz CT molecular complexity index is 789. The molecule has 3 rings (SSSR count). The maximum absolute atomic E-state index is 12.1. The van der Waals surface area contributed by atoms with Gasteiger partial charge in [0.05, 0.1) is 16.9 Å². The van der Waals surface area contributed by atoms with E-state index >= 15 is 0 Å². The molecule has 24 heavy (non-hydrogen) atoms. The lowest BCUT2D eigenvalue weighted by Crippen LogP contribution is -2.33. The van der Waals surface area contributed by atoms with E-state index < -0.39 is 17.8 Å². The Morgan fingerprint density at radius 2 is 1.71 bits per heavy atom. The van der Waals surface area contributed by atoms with Crippen molar-refractivity contribution in [1.82, 2.24) is 5.06 Å². The van der Waals surface area contributed by atoms with E-state index in [1.165, 1.54) is 23.9 Å². The van der Waals surface area contributed by atoms with Gasteiger partial charge in [-0.25, -0.2) is 4.79 Å². The fourth-order valence-electron chi connectivity index (χ4n) is 2.26. The number of imide groups is 1. The number of amides is 2. The number of hydroxylamine groups is 2. The number of fused-ring (bicyclic) bond motifs is 1. The van der Waals surface area contributed by atoms with E-state index in [1.54, 1.807) is 18.2 Å². The molecule has 2 amide bonds. The van der Waals surface area contributed by atoms with E-state index in [2.05, 4.69) is 0 Å². The molecule has 0 bridgehead atoms. The number of carbonyl (C=O) groups excluding carboxylic acids is 3. The molecule has 0 saturated heterocycles. The molecule has 0 fully saturated rings. The van der Waals surface area contributed by atoms with E-state index in [4.69, 9.17) is 16.4 Å². The minimum Gasteiger partial charge on any atom is -0.329 e. The standard InChI is InChI=1S/C17H12ClNO4S/c18-12-5-3-4-11(8-12)9-24-10-15(20)23-19-16(21)13-6-1-2-7-14(13)17(19)22/h1-8H,9-10H2. The minimum absolute atomic E-state index is 0.0138. The molecular formula is C17H12ClNO4S. The van der Waals surface area contributed by atoms with E-state index in [1.807, 2.05) is 18.2 Å². The normalized spacial score (nSPS) is 13.1. The average molecular weight is 362 g/mol. The molecule has 7 heteroatoms. The summed E-state index contributed by atoms with van der Waals surface area (Å²) in [6, 6.07) is 13.7. The van der Waals surface area contributed by atoms with Crippen molar-refractivity contribution in [2.24, 2.45) is 0 Å². The van der Waals surface area contributed by atoms with Gasteiger partial charge in [-0.05, 0) is 29.8 Å². The van der Waals surface area contributed by atoms with Crippen molar-refractivity contribution in [3.8, 4) is 0 Å². The largest absolute Gasteiger partial charge is 0.343 e. The van der Waals surface area contributed by atoms with Crippen LogP contribution < -0.4 is 0 Å². The molecule has 1 heterocycles. The summed E-state index contributed by atoms with van der Waals surface area (Å²) < 4.78 is 0. The molecule has 1 aliphatic heterocycles. The number of carbonyl (C=O) groups is 3. The molecule has 5 nitrogen and oxygen atoms in total. The smallest absolute Gasteiger partial charge is 0.329 e. The van der Waals surface area contributed by atoms with Crippen molar-refractivity contribution in [3.63, 3.8) is 0 Å². The van der Waals surface area contributed by atoms with E-state index in [-0.39, 0.29) is 16.9 Å². The average Bonchev–Trinajstić information content (AvgIpc) is 2.80. The van der Waals surface area contributed by atoms with Gasteiger partial charge >= 0.3 is 5.97 Å². The van der Waals surface area contributed by atoms with Crippen molar-refractivity contribution in [1.29, 1.82) is 0 Å². The molecule has 2 aromatic carbocycles. The summed E-state index contributed by atoms with van der Waals surface area (Å²) in [4.78, 5) is 41.0. The van der Waals surface area contributed by atoms with Gasteiger partial charge in [-0.3, -0.25) is 9.59 Å². The van der Waals surface area contributed by atoms with Gasteiger partial charge in [0, 0.05) is 10.8 Å². The molecular weight excluding hydrogens is 350 g/mol. The lowest BCUT2D eigenvalue weighted by atomic mass is 10.1. The molecule has 0 atom stereocenters. The van der Waals surface area contributed by atoms with Gasteiger partial charge in [-0.2, -0.15) is 0 Å². The molecule has 0 unspecified atom stereocenters. The van der Waals surface area contributed by atoms with Crippen LogP contribution in [0.1, 0.15) is 26.3 Å². The van der Waals surface area contributed by atoms with Gasteiger partial charge in [0.2, 0.25) is 0 Å². The Hall–Kier alpha value is -2.31. The molecule has 0 aromatic heterocycles. The van der Waals surface area contributed by atoms with Crippen molar-refractivity contribution in [2.75, 3.05) is 5.75 Å². The van der Waals surface area contributed by atoms with Crippen LogP contribution in [-0.2, 0) is 15.4 Å². The number of rotatable bonds is 5. The van der Waals surface area contributed by atoms with Gasteiger partial charge in [0.1, 0.15) is 0 Å². The third kappa shape index (κ3) is 3.44. The third-order valence-corrected chi connectivity index (χ3v) is 4.54. The molecule has 0 N–H and O–H groups in total. The number of halogens is 1. The van der Waals surface area contributed by atoms with Crippen LogP contribution in [0.5, 0.6) is 0 Å². The molecule has 2 aromatic rings. The number of thioether (sulfide) groups is 1. The Morgan fingerprint density at radius 3 is 2.33 bits per heavy atom. The topological polar surface area (TPSA) is 63.7 Å². The first-order valence-corrected chi connectivity index (χ1v) is 8.60. The highest BCUT2D eigenvalue weighted by molar-refractivity contribution is 7.99. The molecule has 0 saturated carbocycles. The van der Waals surface area contributed by atoms with Crippen LogP contribution in [0, 0.1) is 0 Å². The Morgan fingerprint density at radius 1 is 1.04 bits per heavy atom. The summed E-state index contributed by atoms with van der Waals surface area (Å²) in [6.45, 7) is 0. The highest BCUT2D eigenvalue weighted by Crippen LogP contribution is 2.23. The maximum atomic E-state index is 12.1. The van der Waals surface area contributed by atoms with Gasteiger partial charge in [-0.15, -0.1) is 11.8 Å². The summed E-state index contributed by atoms with van der Waals surface area (Å²) >= 11 is 7.20. The van der Waals surface area contributed by atoms with E-state index in [0.29, 0.717) is 15.8 Å². The molecule has 122 valence electrons. The Balaban J connectivity index is 1.54. The fraction of sp³-hybridized carbons (Fsp3) is 0.118. The highest BCUT2D eigenvalue weighted by atomic mass is 35.5. The lowest BCUT2D eigenvalue weighted by Gasteiger charge is -2.12. The monoisotopic (exact) mass is 361 g/mol. The van der Waals surface area contributed by atoms with Crippen LogP contribution >= 0.6 is 23.4 Å². The first-order valence-electron chi connectivity index (χ1n) is 7.07. The molecule has 0 aliphatic carbocycles. The van der Waals surface area contributed by atoms with Crippen LogP contribution in [0.4, 0.5) is 0 Å². The van der Waals surface area contributed by atoms with Gasteiger partial charge in [0.25, 0.3) is 11.8 Å². The second kappa shape index (κ2) is 7.07. The fourth-order valence-corrected chi connectivity index (χ4v) is 3.21. The zero-order valence-electron chi connectivity index (χ0n) is 12.4. The first-order chi connectivity index (χ1) is 11.6. The zero-order chi connectivity index (χ0) is 17.1. The highest BCUT2D eigenvalue weighted by Gasteiger charge is 2.38. The summed E-state index contributed by atoms with van der Waals surface area (Å²) in [7, 11) is 0. The second-order valence-electron chi connectivity index (χ2n) is 5.04. The van der Waals surface area contributed by atoms with Crippen molar-refractivity contribution >= 4 is 41.1 Å². The minimum atomic E-state index is -0.656. The van der Waals surface area contributed by atoms with E-state index in [0.717, 1.165) is 5.56 Å². The predicted octanol–water partition coefficient (Wildman–Crippen LogP) is 3.33. The summed E-state index contributed by atoms with van der Waals surface area (Å²) in [5.74, 6) is -1.32. The first kappa shape index (κ1) is 16.5. The van der Waals surface area contributed by atoms with Crippen molar-refractivity contribution in [3.05, 3.63) is 70.2 Å². The SMILES string of the molecule is O=C(CSCc1cccc(Cl)c1)ON1C(=O)c2ccccc2C1=O. The predicted molar refractivity (Wildman–Crippen MR) is 90.6 cm³/mol.